The van der Waals surface area contributed by atoms with Gasteiger partial charge in [0.15, 0.2) is 12.4 Å². The Morgan fingerprint density at radius 2 is 1.14 bits per heavy atom. The van der Waals surface area contributed by atoms with Crippen molar-refractivity contribution in [2.75, 3.05) is 19.1 Å². The first kappa shape index (κ1) is 18.5. The lowest BCUT2D eigenvalue weighted by Crippen LogP contribution is -2.51. The van der Waals surface area contributed by atoms with Crippen LogP contribution in [0.25, 0.3) is 0 Å². The third kappa shape index (κ3) is 4.70. The number of benzene rings is 1. The van der Waals surface area contributed by atoms with Gasteiger partial charge in [0.1, 0.15) is 0 Å². The fourth-order valence-electron chi connectivity index (χ4n) is 1.24. The summed E-state index contributed by atoms with van der Waals surface area (Å²) in [6.45, 7) is 0. The van der Waals surface area contributed by atoms with Crippen LogP contribution in [0.5, 0.6) is 5.75 Å². The van der Waals surface area contributed by atoms with Crippen molar-refractivity contribution in [3.8, 4) is 5.75 Å². The number of aromatic nitrogens is 1. The molecule has 3 nitrogen and oxygen atoms in total. The standard InChI is InChI=1S/C7H11N2.C6HCl5O/c1-8(2)9-6-4-3-5-7-9;7-1-2(8)4(10)6(12)5(11)3(1)9/h3-7H,1-2H3;12H/q+1;/p-1. The van der Waals surface area contributed by atoms with E-state index in [9.17, 15) is 5.11 Å². The second-order valence-corrected chi connectivity index (χ2v) is 5.89. The van der Waals surface area contributed by atoms with Crippen LogP contribution in [0.1, 0.15) is 0 Å². The number of nitrogens with zero attached hydrogens (tertiary/aromatic N) is 2. The third-order valence-electron chi connectivity index (χ3n) is 2.33. The van der Waals surface area contributed by atoms with E-state index in [0.717, 1.165) is 0 Å². The van der Waals surface area contributed by atoms with Crippen molar-refractivity contribution in [2.45, 2.75) is 0 Å². The number of pyridine rings is 1. The molecular formula is C13H11Cl5N2O. The summed E-state index contributed by atoms with van der Waals surface area (Å²) in [5.74, 6) is -0.613. The van der Waals surface area contributed by atoms with Crippen LogP contribution in [-0.4, -0.2) is 14.1 Å². The van der Waals surface area contributed by atoms with Crippen LogP contribution in [0, 0.1) is 0 Å². The molecule has 114 valence electrons. The molecule has 0 N–H and O–H groups in total. The molecule has 1 aromatic heterocycles. The second kappa shape index (κ2) is 8.16. The summed E-state index contributed by atoms with van der Waals surface area (Å²) >= 11 is 27.7. The lowest BCUT2D eigenvalue weighted by molar-refractivity contribution is -0.687. The topological polar surface area (TPSA) is 30.2 Å². The number of rotatable bonds is 1. The minimum Gasteiger partial charge on any atom is -0.870 e. The maximum Gasteiger partial charge on any atom is 0.199 e. The zero-order valence-corrected chi connectivity index (χ0v) is 14.9. The lowest BCUT2D eigenvalue weighted by Gasteiger charge is -2.14. The summed E-state index contributed by atoms with van der Waals surface area (Å²) in [6, 6.07) is 6.00. The molecule has 8 heteroatoms. The highest BCUT2D eigenvalue weighted by molar-refractivity contribution is 6.55. The first-order valence-corrected chi connectivity index (χ1v) is 7.48. The number of hydrogen-bond acceptors (Lipinski definition) is 2. The Morgan fingerprint density at radius 1 is 0.762 bits per heavy atom. The zero-order chi connectivity index (χ0) is 16.2. The van der Waals surface area contributed by atoms with E-state index in [4.69, 9.17) is 58.0 Å². The molecule has 0 aliphatic carbocycles. The van der Waals surface area contributed by atoms with E-state index in [1.165, 1.54) is 0 Å². The van der Waals surface area contributed by atoms with Crippen LogP contribution in [-0.2, 0) is 0 Å². The molecule has 0 spiro atoms. The number of hydrogen-bond donors (Lipinski definition) is 0. The van der Waals surface area contributed by atoms with Crippen LogP contribution < -0.4 is 14.8 Å². The molecule has 0 fully saturated rings. The average molecular weight is 389 g/mol. The summed E-state index contributed by atoms with van der Waals surface area (Å²) in [5, 5.41) is 12.5. The fourth-order valence-corrected chi connectivity index (χ4v) is 2.36. The van der Waals surface area contributed by atoms with Crippen molar-refractivity contribution in [3.63, 3.8) is 0 Å². The molecule has 0 bridgehead atoms. The van der Waals surface area contributed by atoms with Gasteiger partial charge in [0.25, 0.3) is 0 Å². The summed E-state index contributed by atoms with van der Waals surface area (Å²) < 4.78 is 2.00. The van der Waals surface area contributed by atoms with E-state index in [1.807, 2.05) is 54.4 Å². The van der Waals surface area contributed by atoms with Crippen LogP contribution >= 0.6 is 58.0 Å². The smallest absolute Gasteiger partial charge is 0.199 e. The van der Waals surface area contributed by atoms with Crippen LogP contribution in [0.4, 0.5) is 0 Å². The van der Waals surface area contributed by atoms with Gasteiger partial charge in [0, 0.05) is 12.1 Å². The molecule has 0 aliphatic rings. The van der Waals surface area contributed by atoms with Crippen molar-refractivity contribution in [3.05, 3.63) is 55.7 Å². The molecule has 0 radical (unpaired) electrons. The first-order chi connectivity index (χ1) is 9.77. The minimum atomic E-state index is -0.613. The van der Waals surface area contributed by atoms with Crippen molar-refractivity contribution >= 4 is 58.0 Å². The van der Waals surface area contributed by atoms with Crippen molar-refractivity contribution in [2.24, 2.45) is 0 Å². The maximum atomic E-state index is 11.1. The molecule has 1 heterocycles. The predicted molar refractivity (Wildman–Crippen MR) is 87.6 cm³/mol. The summed E-state index contributed by atoms with van der Waals surface area (Å²) in [4.78, 5) is 0. The Kier molecular flexibility index (Phi) is 7.17. The van der Waals surface area contributed by atoms with E-state index in [-0.39, 0.29) is 25.1 Å². The fraction of sp³-hybridized carbons (Fsp3) is 0.154. The molecule has 2 aromatic rings. The number of halogens is 5. The molecule has 0 saturated carbocycles. The minimum absolute atomic E-state index is 0.00654. The van der Waals surface area contributed by atoms with Gasteiger partial charge in [-0.2, -0.15) is 5.01 Å². The lowest BCUT2D eigenvalue weighted by atomic mass is 10.3. The highest BCUT2D eigenvalue weighted by Crippen LogP contribution is 2.46. The van der Waals surface area contributed by atoms with Gasteiger partial charge in [0.05, 0.1) is 39.2 Å². The van der Waals surface area contributed by atoms with Crippen LogP contribution in [0.2, 0.25) is 25.1 Å². The van der Waals surface area contributed by atoms with Crippen molar-refractivity contribution < 1.29 is 9.78 Å². The van der Waals surface area contributed by atoms with Gasteiger partial charge in [-0.15, -0.1) is 0 Å². The second-order valence-electron chi connectivity index (χ2n) is 4.00. The molecule has 2 rings (SSSR count). The zero-order valence-electron chi connectivity index (χ0n) is 11.1. The SMILES string of the molecule is CN(C)[n+]1ccccc1.[O-]c1c(Cl)c(Cl)c(Cl)c(Cl)c1Cl. The highest BCUT2D eigenvalue weighted by Gasteiger charge is 2.13. The Bertz CT molecular complexity index is 515. The summed E-state index contributed by atoms with van der Waals surface area (Å²) in [5.41, 5.74) is 0. The Hall–Kier alpha value is -0.580. The van der Waals surface area contributed by atoms with E-state index in [0.29, 0.717) is 0 Å². The van der Waals surface area contributed by atoms with Gasteiger partial charge in [-0.05, 0) is 0 Å². The summed E-state index contributed by atoms with van der Waals surface area (Å²) in [7, 11) is 4.00. The normalized spacial score (nSPS) is 9.86. The van der Waals surface area contributed by atoms with E-state index in [2.05, 4.69) is 0 Å². The highest BCUT2D eigenvalue weighted by atomic mass is 35.5. The average Bonchev–Trinajstić information content (AvgIpc) is 2.50. The van der Waals surface area contributed by atoms with Gasteiger partial charge in [-0.1, -0.05) is 74.5 Å². The van der Waals surface area contributed by atoms with Crippen molar-refractivity contribution in [1.82, 2.24) is 0 Å². The molecule has 0 aliphatic heterocycles. The Morgan fingerprint density at radius 3 is 1.48 bits per heavy atom. The van der Waals surface area contributed by atoms with E-state index < -0.39 is 5.75 Å². The monoisotopic (exact) mass is 386 g/mol. The van der Waals surface area contributed by atoms with Gasteiger partial charge >= 0.3 is 0 Å². The molecule has 0 saturated heterocycles. The van der Waals surface area contributed by atoms with E-state index in [1.54, 1.807) is 0 Å². The van der Waals surface area contributed by atoms with Crippen LogP contribution in [0.15, 0.2) is 30.6 Å². The van der Waals surface area contributed by atoms with Gasteiger partial charge in [-0.25, -0.2) is 0 Å². The van der Waals surface area contributed by atoms with Gasteiger partial charge < -0.3 is 5.11 Å². The maximum absolute atomic E-state index is 11.1. The quantitative estimate of drug-likeness (QED) is 0.416. The Labute approximate surface area is 148 Å². The molecule has 1 aromatic carbocycles. The van der Waals surface area contributed by atoms with Crippen molar-refractivity contribution in [1.29, 1.82) is 0 Å². The molecule has 0 atom stereocenters. The predicted octanol–water partition coefficient (Wildman–Crippen LogP) is 4.20. The van der Waals surface area contributed by atoms with Crippen LogP contribution in [0.3, 0.4) is 0 Å². The molecular weight excluding hydrogens is 377 g/mol. The third-order valence-corrected chi connectivity index (χ3v) is 4.57. The van der Waals surface area contributed by atoms with Gasteiger partial charge in [-0.3, -0.25) is 0 Å². The van der Waals surface area contributed by atoms with E-state index >= 15 is 0 Å². The molecule has 0 amide bonds. The Balaban J connectivity index is 0.000000219. The van der Waals surface area contributed by atoms with Gasteiger partial charge in [0.2, 0.25) is 0 Å². The first-order valence-electron chi connectivity index (χ1n) is 5.59. The largest absolute Gasteiger partial charge is 0.870 e. The summed E-state index contributed by atoms with van der Waals surface area (Å²) in [6.07, 6.45) is 4.00. The molecule has 0 unspecified atom stereocenters. The molecule has 21 heavy (non-hydrogen) atoms.